The lowest BCUT2D eigenvalue weighted by Crippen LogP contribution is -2.22. The lowest BCUT2D eigenvalue weighted by Gasteiger charge is -2.28. The van der Waals surface area contributed by atoms with Crippen molar-refractivity contribution in [2.45, 2.75) is 18.9 Å². The Morgan fingerprint density at radius 2 is 2.05 bits per heavy atom. The highest BCUT2D eigenvalue weighted by Crippen LogP contribution is 2.41. The fraction of sp³-hybridized carbons (Fsp3) is 0.211. The summed E-state index contributed by atoms with van der Waals surface area (Å²) in [6, 6.07) is 17.5. The van der Waals surface area contributed by atoms with Crippen LogP contribution in [0.15, 0.2) is 48.5 Å². The Bertz CT molecular complexity index is 852. The van der Waals surface area contributed by atoms with Gasteiger partial charge < -0.3 is 4.90 Å². The van der Waals surface area contributed by atoms with Gasteiger partial charge in [0.25, 0.3) is 0 Å². The zero-order valence-electron chi connectivity index (χ0n) is 12.5. The van der Waals surface area contributed by atoms with Crippen molar-refractivity contribution in [3.8, 4) is 0 Å². The minimum atomic E-state index is 0.420. The van der Waals surface area contributed by atoms with Gasteiger partial charge in [-0.15, -0.1) is 11.3 Å². The topological polar surface area (TPSA) is 20.3 Å². The van der Waals surface area contributed by atoms with E-state index in [1.165, 1.54) is 21.5 Å². The quantitative estimate of drug-likeness (QED) is 0.645. The normalized spacial score (nSPS) is 16.7. The molecule has 22 heavy (non-hydrogen) atoms. The summed E-state index contributed by atoms with van der Waals surface area (Å²) >= 11 is 1.58. The third-order valence-electron chi connectivity index (χ3n) is 4.61. The summed E-state index contributed by atoms with van der Waals surface area (Å²) in [4.78, 5) is 14.2. The van der Waals surface area contributed by atoms with Gasteiger partial charge in [-0.25, -0.2) is 0 Å². The first-order chi connectivity index (χ1) is 10.8. The van der Waals surface area contributed by atoms with Crippen LogP contribution < -0.4 is 4.90 Å². The maximum absolute atomic E-state index is 11.1. The zero-order chi connectivity index (χ0) is 15.1. The molecule has 0 saturated heterocycles. The molecule has 1 aliphatic rings. The molecule has 110 valence electrons. The van der Waals surface area contributed by atoms with E-state index in [0.717, 1.165) is 29.4 Å². The Labute approximate surface area is 134 Å². The van der Waals surface area contributed by atoms with Gasteiger partial charge in [-0.1, -0.05) is 36.4 Å². The molecule has 0 saturated carbocycles. The summed E-state index contributed by atoms with van der Waals surface area (Å²) in [5.74, 6) is 0. The monoisotopic (exact) mass is 307 g/mol. The highest BCUT2D eigenvalue weighted by atomic mass is 32.1. The van der Waals surface area contributed by atoms with E-state index in [0.29, 0.717) is 6.04 Å². The largest absolute Gasteiger partial charge is 0.366 e. The van der Waals surface area contributed by atoms with Crippen LogP contribution in [-0.4, -0.2) is 13.3 Å². The van der Waals surface area contributed by atoms with Crippen molar-refractivity contribution in [3.05, 3.63) is 64.5 Å². The van der Waals surface area contributed by atoms with Crippen molar-refractivity contribution in [1.82, 2.24) is 0 Å². The van der Waals surface area contributed by atoms with Gasteiger partial charge in [-0.3, -0.25) is 4.79 Å². The average molecular weight is 307 g/mol. The molecule has 0 fully saturated rings. The Kier molecular flexibility index (Phi) is 3.23. The Morgan fingerprint density at radius 3 is 2.91 bits per heavy atom. The van der Waals surface area contributed by atoms with Gasteiger partial charge in [0.1, 0.15) is 0 Å². The smallest absolute Gasteiger partial charge is 0.160 e. The molecule has 0 bridgehead atoms. The Hall–Kier alpha value is -2.13. The van der Waals surface area contributed by atoms with Crippen molar-refractivity contribution in [2.75, 3.05) is 11.9 Å². The molecule has 1 heterocycles. The van der Waals surface area contributed by atoms with Crippen LogP contribution in [0.3, 0.4) is 0 Å². The number of benzene rings is 2. The standard InChI is InChI=1S/C19H17NOS/c1-20(17-10-9-13-5-2-3-7-16(13)17)18-8-4-6-14-11-15(12-21)22-19(14)18/h2-8,11-12,17H,9-10H2,1H3/t17-/m1/s1. The third kappa shape index (κ3) is 2.04. The number of aldehydes is 1. The summed E-state index contributed by atoms with van der Waals surface area (Å²) in [6.45, 7) is 0. The summed E-state index contributed by atoms with van der Waals surface area (Å²) < 4.78 is 1.21. The molecule has 0 N–H and O–H groups in total. The lowest BCUT2D eigenvalue weighted by molar-refractivity contribution is 0.112. The maximum atomic E-state index is 11.1. The second-order valence-corrected chi connectivity index (χ2v) is 6.91. The number of thiophene rings is 1. The van der Waals surface area contributed by atoms with Crippen LogP contribution in [0.5, 0.6) is 0 Å². The third-order valence-corrected chi connectivity index (χ3v) is 5.71. The number of carbonyl (C=O) groups is 1. The molecule has 1 aromatic heterocycles. The highest BCUT2D eigenvalue weighted by Gasteiger charge is 2.26. The van der Waals surface area contributed by atoms with Gasteiger partial charge in [-0.2, -0.15) is 0 Å². The van der Waals surface area contributed by atoms with Crippen LogP contribution in [0.25, 0.3) is 10.1 Å². The number of aryl methyl sites for hydroxylation is 1. The number of carbonyl (C=O) groups excluding carboxylic acids is 1. The minimum Gasteiger partial charge on any atom is -0.366 e. The molecule has 0 spiro atoms. The van der Waals surface area contributed by atoms with E-state index in [9.17, 15) is 4.79 Å². The molecule has 1 aliphatic carbocycles. The van der Waals surface area contributed by atoms with E-state index >= 15 is 0 Å². The molecule has 2 nitrogen and oxygen atoms in total. The summed E-state index contributed by atoms with van der Waals surface area (Å²) in [6.07, 6.45) is 3.24. The molecule has 2 aromatic carbocycles. The van der Waals surface area contributed by atoms with Gasteiger partial charge in [0.05, 0.1) is 21.3 Å². The van der Waals surface area contributed by atoms with E-state index in [1.54, 1.807) is 11.3 Å². The second-order valence-electron chi connectivity index (χ2n) is 5.83. The molecule has 4 rings (SSSR count). The van der Waals surface area contributed by atoms with Crippen LogP contribution in [0.1, 0.15) is 33.3 Å². The second kappa shape index (κ2) is 5.25. The molecule has 0 unspecified atom stereocenters. The predicted molar refractivity (Wildman–Crippen MR) is 93.1 cm³/mol. The Balaban J connectivity index is 1.79. The van der Waals surface area contributed by atoms with E-state index in [1.807, 2.05) is 6.07 Å². The predicted octanol–water partition coefficient (Wildman–Crippen LogP) is 4.84. The zero-order valence-corrected chi connectivity index (χ0v) is 13.3. The number of fused-ring (bicyclic) bond motifs is 2. The number of hydrogen-bond acceptors (Lipinski definition) is 3. The number of anilines is 1. The minimum absolute atomic E-state index is 0.420. The summed E-state index contributed by atoms with van der Waals surface area (Å²) in [5.41, 5.74) is 4.12. The van der Waals surface area contributed by atoms with Crippen molar-refractivity contribution < 1.29 is 4.79 Å². The SMILES string of the molecule is CN(c1cccc2cc(C=O)sc12)[C@@H]1CCc2ccccc21. The molecule has 3 heteroatoms. The van der Waals surface area contributed by atoms with Crippen LogP contribution in [-0.2, 0) is 6.42 Å². The first kappa shape index (κ1) is 13.5. The van der Waals surface area contributed by atoms with Gasteiger partial charge in [-0.05, 0) is 41.5 Å². The van der Waals surface area contributed by atoms with Gasteiger partial charge in [0.15, 0.2) is 6.29 Å². The molecule has 1 atom stereocenters. The molecule has 0 aliphatic heterocycles. The van der Waals surface area contributed by atoms with Gasteiger partial charge in [0, 0.05) is 7.05 Å². The van der Waals surface area contributed by atoms with E-state index in [4.69, 9.17) is 0 Å². The first-order valence-corrected chi connectivity index (χ1v) is 8.38. The molecule has 0 amide bonds. The highest BCUT2D eigenvalue weighted by molar-refractivity contribution is 7.21. The lowest BCUT2D eigenvalue weighted by atomic mass is 10.1. The molecular weight excluding hydrogens is 290 g/mol. The Morgan fingerprint density at radius 1 is 1.18 bits per heavy atom. The molecule has 0 radical (unpaired) electrons. The fourth-order valence-electron chi connectivity index (χ4n) is 3.51. The first-order valence-electron chi connectivity index (χ1n) is 7.56. The average Bonchev–Trinajstić information content (AvgIpc) is 3.17. The van der Waals surface area contributed by atoms with Crippen LogP contribution in [0, 0.1) is 0 Å². The van der Waals surface area contributed by atoms with Crippen molar-refractivity contribution in [3.63, 3.8) is 0 Å². The van der Waals surface area contributed by atoms with Gasteiger partial charge >= 0.3 is 0 Å². The van der Waals surface area contributed by atoms with Gasteiger partial charge in [0.2, 0.25) is 0 Å². The number of nitrogens with zero attached hydrogens (tertiary/aromatic N) is 1. The maximum Gasteiger partial charge on any atom is 0.160 e. The van der Waals surface area contributed by atoms with Crippen molar-refractivity contribution in [1.29, 1.82) is 0 Å². The van der Waals surface area contributed by atoms with E-state index in [-0.39, 0.29) is 0 Å². The van der Waals surface area contributed by atoms with Crippen LogP contribution in [0.2, 0.25) is 0 Å². The van der Waals surface area contributed by atoms with E-state index in [2.05, 4.69) is 54.4 Å². The fourth-order valence-corrected chi connectivity index (χ4v) is 4.54. The van der Waals surface area contributed by atoms with E-state index < -0.39 is 0 Å². The summed E-state index contributed by atoms with van der Waals surface area (Å²) in [7, 11) is 2.17. The van der Waals surface area contributed by atoms with Crippen molar-refractivity contribution >= 4 is 33.4 Å². The van der Waals surface area contributed by atoms with Crippen molar-refractivity contribution in [2.24, 2.45) is 0 Å². The summed E-state index contributed by atoms with van der Waals surface area (Å²) in [5, 5.41) is 1.16. The number of rotatable bonds is 3. The number of hydrogen-bond donors (Lipinski definition) is 0. The molecular formula is C19H17NOS. The van der Waals surface area contributed by atoms with Crippen LogP contribution in [0.4, 0.5) is 5.69 Å². The van der Waals surface area contributed by atoms with Crippen LogP contribution >= 0.6 is 11.3 Å². The molecule has 3 aromatic rings.